The van der Waals surface area contributed by atoms with E-state index in [4.69, 9.17) is 0 Å². The number of allylic oxidation sites excluding steroid dienone is 5. The molecule has 2 N–H and O–H groups in total. The van der Waals surface area contributed by atoms with Gasteiger partial charge in [-0.15, -0.1) is 0 Å². The Labute approximate surface area is 148 Å². The molecule has 0 aromatic heterocycles. The summed E-state index contributed by atoms with van der Waals surface area (Å²) in [7, 11) is 0. The number of rotatable bonds is 1. The van der Waals surface area contributed by atoms with Gasteiger partial charge in [0.1, 0.15) is 0 Å². The first-order chi connectivity index (χ1) is 12.2. The van der Waals surface area contributed by atoms with Gasteiger partial charge in [0.25, 0.3) is 0 Å². The molecular weight excluding hydrogens is 308 g/mol. The Morgan fingerprint density at radius 3 is 2.72 bits per heavy atom. The zero-order valence-corrected chi connectivity index (χ0v) is 14.2. The van der Waals surface area contributed by atoms with E-state index in [0.29, 0.717) is 5.92 Å². The molecule has 1 unspecified atom stereocenters. The average Bonchev–Trinajstić information content (AvgIpc) is 2.93. The van der Waals surface area contributed by atoms with Gasteiger partial charge in [0, 0.05) is 5.92 Å². The maximum atomic E-state index is 9.86. The van der Waals surface area contributed by atoms with Crippen molar-refractivity contribution in [1.82, 2.24) is 0 Å². The second kappa shape index (κ2) is 6.64. The first kappa shape index (κ1) is 15.8. The summed E-state index contributed by atoms with van der Waals surface area (Å²) in [6.07, 6.45) is 13.2. The monoisotopic (exact) mass is 330 g/mol. The van der Waals surface area contributed by atoms with Crippen molar-refractivity contribution in [3.05, 3.63) is 83.0 Å². The van der Waals surface area contributed by atoms with Crippen molar-refractivity contribution in [1.29, 1.82) is 0 Å². The summed E-state index contributed by atoms with van der Waals surface area (Å²) >= 11 is 0. The number of hydrogen-bond acceptors (Lipinski definition) is 2. The number of benzene rings is 2. The Morgan fingerprint density at radius 2 is 1.84 bits per heavy atom. The van der Waals surface area contributed by atoms with Crippen molar-refractivity contribution in [2.75, 3.05) is 0 Å². The molecule has 0 fully saturated rings. The normalized spacial score (nSPS) is 21.0. The van der Waals surface area contributed by atoms with Crippen molar-refractivity contribution in [2.45, 2.75) is 25.7 Å². The molecule has 2 aromatic carbocycles. The molecule has 0 saturated heterocycles. The van der Waals surface area contributed by atoms with E-state index < -0.39 is 0 Å². The highest BCUT2D eigenvalue weighted by molar-refractivity contribution is 5.86. The van der Waals surface area contributed by atoms with Gasteiger partial charge in [-0.05, 0) is 60.1 Å². The van der Waals surface area contributed by atoms with Crippen LogP contribution in [0.3, 0.4) is 0 Å². The van der Waals surface area contributed by atoms with E-state index >= 15 is 0 Å². The lowest BCUT2D eigenvalue weighted by Crippen LogP contribution is -2.05. The molecule has 0 spiro atoms. The van der Waals surface area contributed by atoms with Crippen LogP contribution in [0.25, 0.3) is 11.6 Å². The maximum Gasteiger partial charge on any atom is 0.157 e. The van der Waals surface area contributed by atoms with E-state index in [1.165, 1.54) is 22.3 Å². The van der Waals surface area contributed by atoms with Crippen LogP contribution in [0, 0.1) is 5.92 Å². The van der Waals surface area contributed by atoms with Gasteiger partial charge in [-0.1, -0.05) is 60.2 Å². The number of phenolic OH excluding ortho intramolecular Hbond substituents is 2. The second-order valence-corrected chi connectivity index (χ2v) is 6.80. The van der Waals surface area contributed by atoms with E-state index in [-0.39, 0.29) is 11.5 Å². The molecule has 0 amide bonds. The molecule has 2 nitrogen and oxygen atoms in total. The van der Waals surface area contributed by atoms with Crippen molar-refractivity contribution >= 4 is 11.6 Å². The summed E-state index contributed by atoms with van der Waals surface area (Å²) < 4.78 is 0. The molecule has 2 heteroatoms. The molecular formula is C23H22O2. The van der Waals surface area contributed by atoms with Gasteiger partial charge in [-0.3, -0.25) is 0 Å². The fourth-order valence-corrected chi connectivity index (χ4v) is 3.94. The van der Waals surface area contributed by atoms with E-state index in [2.05, 4.69) is 48.6 Å². The van der Waals surface area contributed by atoms with Gasteiger partial charge < -0.3 is 10.2 Å². The lowest BCUT2D eigenvalue weighted by atomic mass is 9.83. The maximum absolute atomic E-state index is 9.86. The topological polar surface area (TPSA) is 40.5 Å². The zero-order chi connectivity index (χ0) is 17.2. The summed E-state index contributed by atoms with van der Waals surface area (Å²) in [4.78, 5) is 0. The minimum Gasteiger partial charge on any atom is -0.504 e. The van der Waals surface area contributed by atoms with Crippen LogP contribution in [0.2, 0.25) is 0 Å². The number of hydrogen-bond donors (Lipinski definition) is 2. The predicted octanol–water partition coefficient (Wildman–Crippen LogP) is 5.48. The van der Waals surface area contributed by atoms with Crippen LogP contribution in [-0.4, -0.2) is 10.2 Å². The third-order valence-corrected chi connectivity index (χ3v) is 5.22. The Bertz CT molecular complexity index is 887. The second-order valence-electron chi connectivity index (χ2n) is 6.80. The minimum atomic E-state index is -0.0809. The third kappa shape index (κ3) is 3.12. The predicted molar refractivity (Wildman–Crippen MR) is 102 cm³/mol. The Kier molecular flexibility index (Phi) is 4.19. The molecule has 0 bridgehead atoms. The summed E-state index contributed by atoms with van der Waals surface area (Å²) in [5.74, 6) is 0.242. The molecule has 126 valence electrons. The van der Waals surface area contributed by atoms with Crippen LogP contribution >= 0.6 is 0 Å². The van der Waals surface area contributed by atoms with Crippen LogP contribution in [0.1, 0.15) is 36.0 Å². The van der Waals surface area contributed by atoms with Gasteiger partial charge >= 0.3 is 0 Å². The lowest BCUT2D eigenvalue weighted by molar-refractivity contribution is 0.403. The fourth-order valence-electron chi connectivity index (χ4n) is 3.94. The van der Waals surface area contributed by atoms with Crippen LogP contribution in [0.15, 0.2) is 66.3 Å². The molecule has 25 heavy (non-hydrogen) atoms. The summed E-state index contributed by atoms with van der Waals surface area (Å²) in [6.45, 7) is 0. The van der Waals surface area contributed by atoms with Gasteiger partial charge in [0.05, 0.1) is 0 Å². The van der Waals surface area contributed by atoms with Gasteiger partial charge in [-0.25, -0.2) is 0 Å². The molecule has 0 saturated carbocycles. The molecule has 2 aromatic rings. The van der Waals surface area contributed by atoms with E-state index in [1.54, 1.807) is 12.1 Å². The Morgan fingerprint density at radius 1 is 0.960 bits per heavy atom. The Balaban J connectivity index is 1.88. The van der Waals surface area contributed by atoms with Gasteiger partial charge in [0.15, 0.2) is 11.5 Å². The molecule has 0 radical (unpaired) electrons. The van der Waals surface area contributed by atoms with E-state index in [1.807, 2.05) is 6.07 Å². The third-order valence-electron chi connectivity index (χ3n) is 5.22. The average molecular weight is 330 g/mol. The van der Waals surface area contributed by atoms with Crippen molar-refractivity contribution in [3.8, 4) is 11.5 Å². The number of fused-ring (bicyclic) bond motifs is 2. The summed E-state index contributed by atoms with van der Waals surface area (Å²) in [5.41, 5.74) is 6.41. The van der Waals surface area contributed by atoms with E-state index in [9.17, 15) is 10.2 Å². The van der Waals surface area contributed by atoms with Crippen molar-refractivity contribution in [3.63, 3.8) is 0 Å². The highest BCUT2D eigenvalue weighted by Gasteiger charge is 2.25. The van der Waals surface area contributed by atoms with Crippen molar-refractivity contribution in [2.24, 2.45) is 5.92 Å². The fraction of sp³-hybridized carbons (Fsp3) is 0.217. The Hall–Kier alpha value is -2.74. The molecule has 4 rings (SSSR count). The van der Waals surface area contributed by atoms with Gasteiger partial charge in [-0.2, -0.15) is 0 Å². The molecule has 0 aliphatic heterocycles. The molecule has 2 aliphatic carbocycles. The summed E-state index contributed by atoms with van der Waals surface area (Å²) in [6, 6.07) is 13.7. The first-order valence-corrected chi connectivity index (χ1v) is 8.90. The zero-order valence-electron chi connectivity index (χ0n) is 14.2. The molecule has 2 aliphatic rings. The van der Waals surface area contributed by atoms with Gasteiger partial charge in [0.2, 0.25) is 0 Å². The van der Waals surface area contributed by atoms with E-state index in [0.717, 1.165) is 31.2 Å². The van der Waals surface area contributed by atoms with Crippen LogP contribution in [0.4, 0.5) is 0 Å². The minimum absolute atomic E-state index is 0.0745. The van der Waals surface area contributed by atoms with Crippen molar-refractivity contribution < 1.29 is 10.2 Å². The molecule has 0 heterocycles. The quantitative estimate of drug-likeness (QED) is 0.680. The summed E-state index contributed by atoms with van der Waals surface area (Å²) in [5, 5.41) is 19.4. The number of aryl methyl sites for hydroxylation is 1. The highest BCUT2D eigenvalue weighted by atomic mass is 16.3. The standard InChI is InChI=1S/C23H22O2/c24-22-13-10-16(15-23(22)25)14-21-19-8-3-1-2-6-17(19)11-12-18-7-4-5-9-20(18)21/h1-2,4-7,9-10,13-15,19,24-25H,3,8,11-12H2/b21-14+. The van der Waals surface area contributed by atoms with Crippen LogP contribution < -0.4 is 0 Å². The SMILES string of the molecule is Oc1ccc(/C=C2/c3ccccc3CCC3=CC=CCCC32)cc1O. The largest absolute Gasteiger partial charge is 0.504 e. The smallest absolute Gasteiger partial charge is 0.157 e. The molecule has 1 atom stereocenters. The van der Waals surface area contributed by atoms with Crippen LogP contribution in [-0.2, 0) is 6.42 Å². The lowest BCUT2D eigenvalue weighted by Gasteiger charge is -2.21. The first-order valence-electron chi connectivity index (χ1n) is 8.90. The number of aromatic hydroxyl groups is 2. The van der Waals surface area contributed by atoms with Crippen LogP contribution in [0.5, 0.6) is 11.5 Å². The highest BCUT2D eigenvalue weighted by Crippen LogP contribution is 2.42. The number of phenols is 2.